The van der Waals surface area contributed by atoms with Gasteiger partial charge in [0.1, 0.15) is 0 Å². The fourth-order valence-electron chi connectivity index (χ4n) is 2.98. The fourth-order valence-corrected chi connectivity index (χ4v) is 3.80. The van der Waals surface area contributed by atoms with Crippen LogP contribution >= 0.6 is 12.2 Å². The minimum atomic E-state index is -3.68. The number of aromatic nitrogens is 2. The van der Waals surface area contributed by atoms with Crippen LogP contribution in [-0.4, -0.2) is 59.3 Å². The van der Waals surface area contributed by atoms with Crippen molar-refractivity contribution in [2.45, 2.75) is 18.4 Å². The van der Waals surface area contributed by atoms with Crippen molar-refractivity contribution in [3.63, 3.8) is 0 Å². The predicted molar refractivity (Wildman–Crippen MR) is 109 cm³/mol. The van der Waals surface area contributed by atoms with Crippen LogP contribution < -0.4 is 10.5 Å². The van der Waals surface area contributed by atoms with E-state index in [1.54, 1.807) is 12.1 Å². The second kappa shape index (κ2) is 7.93. The number of nitrogens with zero attached hydrogens (tertiary/aromatic N) is 4. The van der Waals surface area contributed by atoms with E-state index in [1.165, 1.54) is 23.4 Å². The molecule has 3 N–H and O–H groups in total. The molecule has 0 amide bonds. The number of hydrogen-bond donors (Lipinski definition) is 2. The Morgan fingerprint density at radius 3 is 2.37 bits per heavy atom. The quantitative estimate of drug-likeness (QED) is 0.725. The molecule has 8 nitrogen and oxygen atoms in total. The highest BCUT2D eigenvalue weighted by molar-refractivity contribution is 7.89. The molecule has 146 valence electrons. The normalized spacial score (nSPS) is 15.7. The Labute approximate surface area is 165 Å². The van der Waals surface area contributed by atoms with E-state index in [9.17, 15) is 8.42 Å². The van der Waals surface area contributed by atoms with Gasteiger partial charge in [-0.05, 0) is 43.4 Å². The number of benzene rings is 1. The molecule has 1 fully saturated rings. The molecule has 3 rings (SSSR count). The Morgan fingerprint density at radius 1 is 1.22 bits per heavy atom. The first-order valence-corrected chi connectivity index (χ1v) is 10.6. The third-order valence-electron chi connectivity index (χ3n) is 4.82. The Balaban J connectivity index is 1.52. The number of hydrogen-bond acceptors (Lipinski definition) is 5. The van der Waals surface area contributed by atoms with Gasteiger partial charge in [-0.3, -0.25) is 9.58 Å². The number of piperazine rings is 1. The highest BCUT2D eigenvalue weighted by Gasteiger charge is 2.20. The molecule has 1 aliphatic heterocycles. The summed E-state index contributed by atoms with van der Waals surface area (Å²) in [6, 6.07) is 6.25. The van der Waals surface area contributed by atoms with Crippen LogP contribution in [0.5, 0.6) is 0 Å². The molecule has 10 heteroatoms. The Hall–Kier alpha value is -2.01. The van der Waals surface area contributed by atoms with Crippen LogP contribution in [0.3, 0.4) is 0 Å². The molecule has 2 heterocycles. The molecule has 1 aromatic heterocycles. The lowest BCUT2D eigenvalue weighted by atomic mass is 10.2. The van der Waals surface area contributed by atoms with Gasteiger partial charge in [-0.2, -0.15) is 5.10 Å². The molecule has 1 saturated heterocycles. The molecule has 0 atom stereocenters. The predicted octanol–water partition coefficient (Wildman–Crippen LogP) is 0.891. The Bertz CT molecular complexity index is 915. The topological polar surface area (TPSA) is 96.5 Å². The van der Waals surface area contributed by atoms with Gasteiger partial charge in [-0.1, -0.05) is 0 Å². The first-order chi connectivity index (χ1) is 12.7. The van der Waals surface area contributed by atoms with Crippen molar-refractivity contribution in [3.8, 4) is 0 Å². The summed E-state index contributed by atoms with van der Waals surface area (Å²) in [6.45, 7) is 6.48. The summed E-state index contributed by atoms with van der Waals surface area (Å²) in [5, 5.41) is 13.2. The monoisotopic (exact) mass is 408 g/mol. The van der Waals surface area contributed by atoms with Crippen LogP contribution in [0, 0.1) is 6.92 Å². The van der Waals surface area contributed by atoms with E-state index in [0.717, 1.165) is 38.4 Å². The highest BCUT2D eigenvalue weighted by atomic mass is 32.2. The van der Waals surface area contributed by atoms with Gasteiger partial charge in [-0.15, -0.1) is 0 Å². The Kier molecular flexibility index (Phi) is 5.80. The van der Waals surface area contributed by atoms with E-state index >= 15 is 0 Å². The number of primary sulfonamides is 1. The molecule has 0 saturated carbocycles. The van der Waals surface area contributed by atoms with E-state index in [4.69, 9.17) is 17.4 Å². The van der Waals surface area contributed by atoms with Crippen LogP contribution in [0.15, 0.2) is 35.4 Å². The summed E-state index contributed by atoms with van der Waals surface area (Å²) < 4.78 is 24.5. The van der Waals surface area contributed by atoms with Gasteiger partial charge in [0.2, 0.25) is 10.0 Å². The first-order valence-electron chi connectivity index (χ1n) is 8.62. The van der Waals surface area contributed by atoms with Crippen molar-refractivity contribution in [1.29, 1.82) is 0 Å². The molecule has 0 aliphatic carbocycles. The molecule has 1 aliphatic rings. The SMILES string of the molecule is Cc1c(CN2CCN(C(=S)Nc3ccc(S(N)(=O)=O)cc3)CC2)cnn1C. The first kappa shape index (κ1) is 19.7. The number of thiocarbonyl (C=S) groups is 1. The molecule has 0 unspecified atom stereocenters. The average molecular weight is 409 g/mol. The van der Waals surface area contributed by atoms with Crippen molar-refractivity contribution < 1.29 is 8.42 Å². The molecule has 2 aromatic rings. The number of anilines is 1. The van der Waals surface area contributed by atoms with Crippen LogP contribution in [0.2, 0.25) is 0 Å². The lowest BCUT2D eigenvalue weighted by molar-refractivity contribution is 0.176. The second-order valence-electron chi connectivity index (χ2n) is 6.64. The van der Waals surface area contributed by atoms with E-state index in [-0.39, 0.29) is 4.90 Å². The van der Waals surface area contributed by atoms with Crippen LogP contribution in [0.4, 0.5) is 5.69 Å². The van der Waals surface area contributed by atoms with Crippen molar-refractivity contribution in [2.75, 3.05) is 31.5 Å². The third-order valence-corrected chi connectivity index (χ3v) is 6.11. The number of nitrogens with two attached hydrogens (primary N) is 1. The summed E-state index contributed by atoms with van der Waals surface area (Å²) in [6.07, 6.45) is 1.93. The number of rotatable bonds is 4. The summed E-state index contributed by atoms with van der Waals surface area (Å²) in [5.74, 6) is 0. The summed E-state index contributed by atoms with van der Waals surface area (Å²) in [4.78, 5) is 4.60. The maximum atomic E-state index is 11.3. The minimum absolute atomic E-state index is 0.0817. The van der Waals surface area contributed by atoms with E-state index in [1.807, 2.05) is 17.9 Å². The van der Waals surface area contributed by atoms with Crippen molar-refractivity contribution in [2.24, 2.45) is 12.2 Å². The fraction of sp³-hybridized carbons (Fsp3) is 0.412. The largest absolute Gasteiger partial charge is 0.346 e. The molecule has 0 spiro atoms. The maximum absolute atomic E-state index is 11.3. The zero-order chi connectivity index (χ0) is 19.6. The molecule has 0 radical (unpaired) electrons. The number of aryl methyl sites for hydroxylation is 1. The van der Waals surface area contributed by atoms with Gasteiger partial charge < -0.3 is 10.2 Å². The van der Waals surface area contributed by atoms with E-state index in [0.29, 0.717) is 5.11 Å². The highest BCUT2D eigenvalue weighted by Crippen LogP contribution is 2.15. The maximum Gasteiger partial charge on any atom is 0.238 e. The lowest BCUT2D eigenvalue weighted by Crippen LogP contribution is -2.49. The molecular weight excluding hydrogens is 384 g/mol. The average Bonchev–Trinajstić information content (AvgIpc) is 2.94. The molecular formula is C17H24N6O2S2. The van der Waals surface area contributed by atoms with E-state index < -0.39 is 10.0 Å². The van der Waals surface area contributed by atoms with Gasteiger partial charge >= 0.3 is 0 Å². The van der Waals surface area contributed by atoms with Crippen LogP contribution in [-0.2, 0) is 23.6 Å². The minimum Gasteiger partial charge on any atom is -0.346 e. The van der Waals surface area contributed by atoms with Crippen molar-refractivity contribution >= 4 is 33.0 Å². The van der Waals surface area contributed by atoms with Gasteiger partial charge in [-0.25, -0.2) is 13.6 Å². The van der Waals surface area contributed by atoms with Gasteiger partial charge in [0.25, 0.3) is 0 Å². The van der Waals surface area contributed by atoms with Crippen molar-refractivity contribution in [1.82, 2.24) is 19.6 Å². The van der Waals surface area contributed by atoms with Gasteiger partial charge in [0, 0.05) is 56.7 Å². The smallest absolute Gasteiger partial charge is 0.238 e. The van der Waals surface area contributed by atoms with Crippen LogP contribution in [0.25, 0.3) is 0 Å². The summed E-state index contributed by atoms with van der Waals surface area (Å²) in [5.41, 5.74) is 3.18. The third kappa shape index (κ3) is 4.83. The number of nitrogens with one attached hydrogen (secondary N) is 1. The zero-order valence-electron chi connectivity index (χ0n) is 15.4. The lowest BCUT2D eigenvalue weighted by Gasteiger charge is -2.36. The number of sulfonamides is 1. The van der Waals surface area contributed by atoms with Gasteiger partial charge in [0.05, 0.1) is 11.1 Å². The second-order valence-corrected chi connectivity index (χ2v) is 8.59. The zero-order valence-corrected chi connectivity index (χ0v) is 17.1. The van der Waals surface area contributed by atoms with Crippen LogP contribution in [0.1, 0.15) is 11.3 Å². The van der Waals surface area contributed by atoms with Gasteiger partial charge in [0.15, 0.2) is 5.11 Å². The Morgan fingerprint density at radius 2 is 1.85 bits per heavy atom. The van der Waals surface area contributed by atoms with E-state index in [2.05, 4.69) is 27.1 Å². The molecule has 27 heavy (non-hydrogen) atoms. The molecule has 1 aromatic carbocycles. The summed E-state index contributed by atoms with van der Waals surface area (Å²) in [7, 11) is -1.73. The standard InChI is InChI=1S/C17H24N6O2S2/c1-13-14(11-19-21(13)2)12-22-7-9-23(10-8-22)17(26)20-15-3-5-16(6-4-15)27(18,24)25/h3-6,11H,7-10,12H2,1-2H3,(H,20,26)(H2,18,24,25). The summed E-state index contributed by atoms with van der Waals surface area (Å²) >= 11 is 5.49. The van der Waals surface area contributed by atoms with Crippen molar-refractivity contribution in [3.05, 3.63) is 41.7 Å². The molecule has 0 bridgehead atoms.